The average Bonchev–Trinajstić information content (AvgIpc) is 3.48. The summed E-state index contributed by atoms with van der Waals surface area (Å²) in [6.45, 7) is 2.07. The maximum Gasteiger partial charge on any atom is 0.240 e. The van der Waals surface area contributed by atoms with Crippen LogP contribution < -0.4 is 4.90 Å². The maximum absolute atomic E-state index is 12.6. The smallest absolute Gasteiger partial charge is 0.240 e. The lowest BCUT2D eigenvalue weighted by molar-refractivity contribution is -0.115. The van der Waals surface area contributed by atoms with Gasteiger partial charge in [-0.1, -0.05) is 60.2 Å². The molecule has 1 saturated heterocycles. The number of carbonyl (C=O) groups excluding carboxylic acids is 1. The summed E-state index contributed by atoms with van der Waals surface area (Å²) >= 11 is 4.73. The van der Waals surface area contributed by atoms with Crippen LogP contribution in [0.4, 0.5) is 5.13 Å². The number of nitrogens with zero attached hydrogens (tertiary/aromatic N) is 3. The third-order valence-electron chi connectivity index (χ3n) is 4.72. The lowest BCUT2D eigenvalue weighted by Crippen LogP contribution is -2.27. The molecule has 0 saturated carbocycles. The van der Waals surface area contributed by atoms with Crippen molar-refractivity contribution in [2.45, 2.75) is 12.3 Å². The van der Waals surface area contributed by atoms with Gasteiger partial charge in [-0.2, -0.15) is 0 Å². The zero-order chi connectivity index (χ0) is 19.8. The van der Waals surface area contributed by atoms with Gasteiger partial charge in [0.25, 0.3) is 0 Å². The molecule has 1 aliphatic rings. The Morgan fingerprint density at radius 3 is 2.48 bits per heavy atom. The SMILES string of the molecule is Cc1ccc(C2SCC(=O)N2c2nc(-c3nc(-c4ccccc4)cs3)cs2)cc1. The number of hydrogen-bond acceptors (Lipinski definition) is 6. The van der Waals surface area contributed by atoms with E-state index in [9.17, 15) is 4.79 Å². The van der Waals surface area contributed by atoms with Crippen molar-refractivity contribution < 1.29 is 4.79 Å². The first-order valence-corrected chi connectivity index (χ1v) is 12.0. The van der Waals surface area contributed by atoms with E-state index in [4.69, 9.17) is 9.97 Å². The van der Waals surface area contributed by atoms with Crippen LogP contribution in [0, 0.1) is 6.92 Å². The van der Waals surface area contributed by atoms with E-state index in [0.717, 1.165) is 32.7 Å². The molecule has 144 valence electrons. The molecule has 0 spiro atoms. The first kappa shape index (κ1) is 18.5. The van der Waals surface area contributed by atoms with Crippen molar-refractivity contribution in [2.75, 3.05) is 10.7 Å². The number of thiazole rings is 2. The minimum Gasteiger partial charge on any atom is -0.273 e. The third-order valence-corrected chi connectivity index (χ3v) is 7.64. The first-order valence-electron chi connectivity index (χ1n) is 9.16. The summed E-state index contributed by atoms with van der Waals surface area (Å²) in [7, 11) is 0. The third kappa shape index (κ3) is 3.61. The summed E-state index contributed by atoms with van der Waals surface area (Å²) in [5.41, 5.74) is 5.21. The Kier molecular flexibility index (Phi) is 4.95. The van der Waals surface area contributed by atoms with Crippen LogP contribution in [0.3, 0.4) is 0 Å². The number of carbonyl (C=O) groups is 1. The van der Waals surface area contributed by atoms with E-state index in [1.54, 1.807) is 23.1 Å². The molecule has 1 fully saturated rings. The summed E-state index contributed by atoms with van der Waals surface area (Å²) < 4.78 is 0. The zero-order valence-corrected chi connectivity index (χ0v) is 18.1. The van der Waals surface area contributed by atoms with Gasteiger partial charge in [-0.05, 0) is 12.5 Å². The molecule has 29 heavy (non-hydrogen) atoms. The molecule has 4 nitrogen and oxygen atoms in total. The molecular formula is C22H17N3OS3. The fourth-order valence-electron chi connectivity index (χ4n) is 3.21. The highest BCUT2D eigenvalue weighted by atomic mass is 32.2. The predicted octanol–water partition coefficient (Wildman–Crippen LogP) is 6.02. The van der Waals surface area contributed by atoms with Crippen LogP contribution in [0.2, 0.25) is 0 Å². The van der Waals surface area contributed by atoms with Crippen LogP contribution in [-0.2, 0) is 4.79 Å². The molecule has 1 atom stereocenters. The Bertz CT molecular complexity index is 1150. The lowest BCUT2D eigenvalue weighted by Gasteiger charge is -2.21. The standard InChI is InChI=1S/C22H17N3OS3/c1-14-7-9-16(10-8-14)21-25(19(26)13-28-21)22-24-18(12-29-22)20-23-17(11-27-20)15-5-3-2-4-6-15/h2-12,21H,13H2,1H3. The van der Waals surface area contributed by atoms with Gasteiger partial charge in [0, 0.05) is 16.3 Å². The highest BCUT2D eigenvalue weighted by Crippen LogP contribution is 2.43. The molecule has 0 bridgehead atoms. The Hall–Kier alpha value is -2.48. The number of thioether (sulfide) groups is 1. The van der Waals surface area contributed by atoms with Crippen molar-refractivity contribution in [2.24, 2.45) is 0 Å². The fourth-order valence-corrected chi connectivity index (χ4v) is 6.15. The molecule has 0 radical (unpaired) electrons. The average molecular weight is 436 g/mol. The molecule has 1 unspecified atom stereocenters. The molecule has 2 aromatic heterocycles. The molecule has 0 aliphatic carbocycles. The zero-order valence-electron chi connectivity index (χ0n) is 15.6. The quantitative estimate of drug-likeness (QED) is 0.393. The van der Waals surface area contributed by atoms with Crippen molar-refractivity contribution in [1.82, 2.24) is 9.97 Å². The van der Waals surface area contributed by atoms with Crippen molar-refractivity contribution in [1.29, 1.82) is 0 Å². The summed E-state index contributed by atoms with van der Waals surface area (Å²) in [6, 6.07) is 18.5. The minimum absolute atomic E-state index is 0.0294. The second-order valence-electron chi connectivity index (χ2n) is 6.76. The predicted molar refractivity (Wildman–Crippen MR) is 123 cm³/mol. The van der Waals surface area contributed by atoms with Gasteiger partial charge < -0.3 is 0 Å². The number of aryl methyl sites for hydroxylation is 1. The van der Waals surface area contributed by atoms with Crippen molar-refractivity contribution in [3.63, 3.8) is 0 Å². The summed E-state index contributed by atoms with van der Waals surface area (Å²) in [5, 5.41) is 5.62. The van der Waals surface area contributed by atoms with Gasteiger partial charge >= 0.3 is 0 Å². The Labute approximate surface area is 181 Å². The summed E-state index contributed by atoms with van der Waals surface area (Å²) in [5.74, 6) is 0.577. The summed E-state index contributed by atoms with van der Waals surface area (Å²) in [6.07, 6.45) is 0. The summed E-state index contributed by atoms with van der Waals surface area (Å²) in [4.78, 5) is 24.0. The van der Waals surface area contributed by atoms with E-state index < -0.39 is 0 Å². The molecule has 1 aliphatic heterocycles. The van der Waals surface area contributed by atoms with Crippen molar-refractivity contribution in [3.05, 3.63) is 76.5 Å². The van der Waals surface area contributed by atoms with Crippen LogP contribution in [0.15, 0.2) is 65.4 Å². The van der Waals surface area contributed by atoms with Crippen LogP contribution >= 0.6 is 34.4 Å². The second-order valence-corrected chi connectivity index (χ2v) is 9.52. The van der Waals surface area contributed by atoms with Gasteiger partial charge in [-0.25, -0.2) is 9.97 Å². The molecule has 1 amide bonds. The number of benzene rings is 2. The Morgan fingerprint density at radius 2 is 1.69 bits per heavy atom. The highest BCUT2D eigenvalue weighted by Gasteiger charge is 2.36. The van der Waals surface area contributed by atoms with Gasteiger partial charge in [0.2, 0.25) is 5.91 Å². The molecule has 3 heterocycles. The van der Waals surface area contributed by atoms with E-state index in [2.05, 4.69) is 48.7 Å². The largest absolute Gasteiger partial charge is 0.273 e. The molecular weight excluding hydrogens is 418 g/mol. The van der Waals surface area contributed by atoms with Gasteiger partial charge in [-0.3, -0.25) is 9.69 Å². The van der Waals surface area contributed by atoms with Crippen LogP contribution in [0.25, 0.3) is 22.0 Å². The molecule has 2 aromatic carbocycles. The first-order chi connectivity index (χ1) is 14.2. The van der Waals surface area contributed by atoms with Gasteiger partial charge in [0.15, 0.2) is 5.13 Å². The normalized spacial score (nSPS) is 16.5. The molecule has 4 aromatic rings. The van der Waals surface area contributed by atoms with Crippen LogP contribution in [0.5, 0.6) is 0 Å². The van der Waals surface area contributed by atoms with E-state index in [1.807, 2.05) is 28.5 Å². The molecule has 7 heteroatoms. The van der Waals surface area contributed by atoms with Gasteiger partial charge in [0.05, 0.1) is 11.4 Å². The topological polar surface area (TPSA) is 46.1 Å². The Balaban J connectivity index is 1.44. The highest BCUT2D eigenvalue weighted by molar-refractivity contribution is 8.00. The second kappa shape index (κ2) is 7.74. The number of anilines is 1. The van der Waals surface area contributed by atoms with Crippen LogP contribution in [0.1, 0.15) is 16.5 Å². The van der Waals surface area contributed by atoms with Crippen molar-refractivity contribution >= 4 is 45.5 Å². The van der Waals surface area contributed by atoms with E-state index in [1.165, 1.54) is 16.9 Å². The fraction of sp³-hybridized carbons (Fsp3) is 0.136. The van der Waals surface area contributed by atoms with Gasteiger partial charge in [-0.15, -0.1) is 34.4 Å². The lowest BCUT2D eigenvalue weighted by atomic mass is 10.1. The number of rotatable bonds is 4. The van der Waals surface area contributed by atoms with E-state index >= 15 is 0 Å². The monoisotopic (exact) mass is 435 g/mol. The van der Waals surface area contributed by atoms with Gasteiger partial charge in [0.1, 0.15) is 16.1 Å². The number of hydrogen-bond donors (Lipinski definition) is 0. The number of amides is 1. The van der Waals surface area contributed by atoms with E-state index in [-0.39, 0.29) is 11.3 Å². The number of aromatic nitrogens is 2. The maximum atomic E-state index is 12.6. The van der Waals surface area contributed by atoms with Crippen LogP contribution in [-0.4, -0.2) is 21.6 Å². The van der Waals surface area contributed by atoms with Crippen molar-refractivity contribution in [3.8, 4) is 22.0 Å². The molecule has 5 rings (SSSR count). The minimum atomic E-state index is -0.0294. The van der Waals surface area contributed by atoms with E-state index in [0.29, 0.717) is 5.75 Å². The molecule has 0 N–H and O–H groups in total. The Morgan fingerprint density at radius 1 is 0.931 bits per heavy atom.